The highest BCUT2D eigenvalue weighted by Gasteiger charge is 2.14. The Morgan fingerprint density at radius 3 is 2.31 bits per heavy atom. The Bertz CT molecular complexity index is 1020. The van der Waals surface area contributed by atoms with Crippen molar-refractivity contribution in [3.63, 3.8) is 0 Å². The molecule has 32 heavy (non-hydrogen) atoms. The van der Waals surface area contributed by atoms with Crippen LogP contribution in [-0.4, -0.2) is 33.4 Å². The van der Waals surface area contributed by atoms with Crippen LogP contribution in [0.3, 0.4) is 0 Å². The van der Waals surface area contributed by atoms with Gasteiger partial charge in [-0.25, -0.2) is 0 Å². The van der Waals surface area contributed by atoms with Crippen molar-refractivity contribution in [1.29, 1.82) is 0 Å². The third-order valence-corrected chi connectivity index (χ3v) is 6.14. The molecule has 5 nitrogen and oxygen atoms in total. The summed E-state index contributed by atoms with van der Waals surface area (Å²) < 4.78 is 17.1. The summed E-state index contributed by atoms with van der Waals surface area (Å²) in [6, 6.07) is 19.7. The number of ether oxygens (including phenoxy) is 3. The highest BCUT2D eigenvalue weighted by atomic mass is 35.5. The first-order valence-electron chi connectivity index (χ1n) is 10.5. The van der Waals surface area contributed by atoms with E-state index in [4.69, 9.17) is 37.4 Å². The summed E-state index contributed by atoms with van der Waals surface area (Å²) in [5.74, 6) is 1.33. The van der Waals surface area contributed by atoms with E-state index < -0.39 is 0 Å². The van der Waals surface area contributed by atoms with Gasteiger partial charge in [-0.3, -0.25) is 0 Å². The Labute approximate surface area is 198 Å². The van der Waals surface area contributed by atoms with E-state index in [2.05, 4.69) is 34.5 Å². The Kier molecular flexibility index (Phi) is 7.63. The molecular formula is C25H26Cl2N2O3. The maximum absolute atomic E-state index is 6.30. The van der Waals surface area contributed by atoms with Gasteiger partial charge in [0, 0.05) is 52.2 Å². The molecular weight excluding hydrogens is 447 g/mol. The van der Waals surface area contributed by atoms with Gasteiger partial charge in [-0.1, -0.05) is 41.4 Å². The predicted molar refractivity (Wildman–Crippen MR) is 131 cm³/mol. The van der Waals surface area contributed by atoms with Crippen molar-refractivity contribution >= 4 is 34.6 Å². The van der Waals surface area contributed by atoms with Crippen molar-refractivity contribution in [2.75, 3.05) is 43.6 Å². The fourth-order valence-corrected chi connectivity index (χ4v) is 4.16. The summed E-state index contributed by atoms with van der Waals surface area (Å²) >= 11 is 12.6. The summed E-state index contributed by atoms with van der Waals surface area (Å²) in [7, 11) is 1.63. The molecule has 3 aromatic rings. The lowest BCUT2D eigenvalue weighted by molar-refractivity contribution is 0.122. The number of para-hydroxylation sites is 1. The maximum atomic E-state index is 6.30. The lowest BCUT2D eigenvalue weighted by Gasteiger charge is -2.29. The van der Waals surface area contributed by atoms with E-state index in [9.17, 15) is 0 Å². The molecule has 0 saturated carbocycles. The molecule has 1 fully saturated rings. The van der Waals surface area contributed by atoms with Crippen LogP contribution in [0.4, 0.5) is 11.4 Å². The smallest absolute Gasteiger partial charge is 0.166 e. The molecule has 0 unspecified atom stereocenters. The number of benzene rings is 3. The van der Waals surface area contributed by atoms with Gasteiger partial charge in [-0.15, -0.1) is 0 Å². The van der Waals surface area contributed by atoms with Gasteiger partial charge >= 0.3 is 0 Å². The van der Waals surface area contributed by atoms with E-state index in [1.807, 2.05) is 24.3 Å². The second-order valence-electron chi connectivity index (χ2n) is 7.44. The van der Waals surface area contributed by atoms with E-state index >= 15 is 0 Å². The monoisotopic (exact) mass is 472 g/mol. The van der Waals surface area contributed by atoms with Gasteiger partial charge in [0.05, 0.1) is 20.3 Å². The topological polar surface area (TPSA) is 43.0 Å². The molecule has 0 atom stereocenters. The van der Waals surface area contributed by atoms with Gasteiger partial charge in [-0.2, -0.15) is 0 Å². The van der Waals surface area contributed by atoms with E-state index in [-0.39, 0.29) is 6.61 Å². The third kappa shape index (κ3) is 5.41. The molecule has 1 N–H and O–H groups in total. The Hall–Kier alpha value is -2.60. The highest BCUT2D eigenvalue weighted by molar-refractivity contribution is 6.35. The minimum Gasteiger partial charge on any atom is -0.493 e. The van der Waals surface area contributed by atoms with Gasteiger partial charge in [0.2, 0.25) is 0 Å². The molecule has 0 aliphatic carbocycles. The first-order valence-corrected chi connectivity index (χ1v) is 11.3. The average Bonchev–Trinajstić information content (AvgIpc) is 2.83. The molecule has 0 radical (unpaired) electrons. The predicted octanol–water partition coefficient (Wildman–Crippen LogP) is 6.03. The number of hydrogen-bond donors (Lipinski definition) is 1. The van der Waals surface area contributed by atoms with Crippen LogP contribution in [0.15, 0.2) is 60.7 Å². The number of halogens is 2. The van der Waals surface area contributed by atoms with Crippen LogP contribution >= 0.6 is 23.2 Å². The molecule has 1 aliphatic rings. The standard InChI is InChI=1S/C25H26Cl2N2O3/c1-30-24-7-2-4-18(25(24)32-17-21-22(26)5-3-6-23(21)27)16-28-19-8-10-20(11-9-19)29-12-14-31-15-13-29/h2-11,28H,12-17H2,1H3. The minimum absolute atomic E-state index is 0.250. The molecule has 1 heterocycles. The number of methoxy groups -OCH3 is 1. The summed E-state index contributed by atoms with van der Waals surface area (Å²) in [5, 5.41) is 4.63. The number of morpholine rings is 1. The van der Waals surface area contributed by atoms with E-state index in [1.54, 1.807) is 19.2 Å². The molecule has 0 aromatic heterocycles. The van der Waals surface area contributed by atoms with Crippen molar-refractivity contribution in [3.05, 3.63) is 81.8 Å². The Balaban J connectivity index is 1.45. The second kappa shape index (κ2) is 10.8. The Morgan fingerprint density at radius 2 is 1.62 bits per heavy atom. The minimum atomic E-state index is 0.250. The summed E-state index contributed by atoms with van der Waals surface area (Å²) in [4.78, 5) is 2.33. The van der Waals surface area contributed by atoms with Gasteiger partial charge < -0.3 is 24.4 Å². The van der Waals surface area contributed by atoms with E-state index in [1.165, 1.54) is 5.69 Å². The van der Waals surface area contributed by atoms with Crippen LogP contribution in [0.25, 0.3) is 0 Å². The molecule has 168 valence electrons. The zero-order valence-electron chi connectivity index (χ0n) is 17.9. The van der Waals surface area contributed by atoms with Crippen LogP contribution in [0.2, 0.25) is 10.0 Å². The van der Waals surface area contributed by atoms with Gasteiger partial charge in [0.25, 0.3) is 0 Å². The first kappa shape index (κ1) is 22.6. The van der Waals surface area contributed by atoms with Crippen molar-refractivity contribution in [3.8, 4) is 11.5 Å². The van der Waals surface area contributed by atoms with Crippen LogP contribution in [0.5, 0.6) is 11.5 Å². The van der Waals surface area contributed by atoms with Crippen molar-refractivity contribution in [2.45, 2.75) is 13.2 Å². The first-order chi connectivity index (χ1) is 15.7. The van der Waals surface area contributed by atoms with Gasteiger partial charge in [0.1, 0.15) is 6.61 Å². The number of nitrogens with zero attached hydrogens (tertiary/aromatic N) is 1. The largest absolute Gasteiger partial charge is 0.493 e. The summed E-state index contributed by atoms with van der Waals surface area (Å²) in [5.41, 5.74) is 3.97. The number of hydrogen-bond acceptors (Lipinski definition) is 5. The fraction of sp³-hybridized carbons (Fsp3) is 0.280. The molecule has 0 spiro atoms. The lowest BCUT2D eigenvalue weighted by Crippen LogP contribution is -2.36. The van der Waals surface area contributed by atoms with Crippen molar-refractivity contribution < 1.29 is 14.2 Å². The molecule has 7 heteroatoms. The molecule has 1 aliphatic heterocycles. The molecule has 0 amide bonds. The van der Waals surface area contributed by atoms with Gasteiger partial charge in [0.15, 0.2) is 11.5 Å². The fourth-order valence-electron chi connectivity index (χ4n) is 3.65. The molecule has 1 saturated heterocycles. The van der Waals surface area contributed by atoms with Crippen molar-refractivity contribution in [2.24, 2.45) is 0 Å². The summed E-state index contributed by atoms with van der Waals surface area (Å²) in [6.45, 7) is 4.23. The van der Waals surface area contributed by atoms with Gasteiger partial charge in [-0.05, 0) is 42.5 Å². The van der Waals surface area contributed by atoms with Crippen molar-refractivity contribution in [1.82, 2.24) is 0 Å². The number of anilines is 2. The third-order valence-electron chi connectivity index (χ3n) is 5.43. The maximum Gasteiger partial charge on any atom is 0.166 e. The highest BCUT2D eigenvalue weighted by Crippen LogP contribution is 2.34. The quantitative estimate of drug-likeness (QED) is 0.433. The van der Waals surface area contributed by atoms with E-state index in [0.717, 1.165) is 43.1 Å². The molecule has 3 aromatic carbocycles. The average molecular weight is 473 g/mol. The van der Waals surface area contributed by atoms with Crippen LogP contribution < -0.4 is 19.7 Å². The van der Waals surface area contributed by atoms with Crippen LogP contribution in [0, 0.1) is 0 Å². The Morgan fingerprint density at radius 1 is 0.938 bits per heavy atom. The van der Waals surface area contributed by atoms with E-state index in [0.29, 0.717) is 28.1 Å². The summed E-state index contributed by atoms with van der Waals surface area (Å²) in [6.07, 6.45) is 0. The number of rotatable bonds is 8. The number of nitrogens with one attached hydrogen (secondary N) is 1. The molecule has 4 rings (SSSR count). The molecule has 0 bridgehead atoms. The second-order valence-corrected chi connectivity index (χ2v) is 8.25. The lowest BCUT2D eigenvalue weighted by atomic mass is 10.1. The zero-order valence-corrected chi connectivity index (χ0v) is 19.5. The normalized spacial score (nSPS) is 13.7. The SMILES string of the molecule is COc1cccc(CNc2ccc(N3CCOCC3)cc2)c1OCc1c(Cl)cccc1Cl. The zero-order chi connectivity index (χ0) is 22.3. The van der Waals surface area contributed by atoms with Crippen LogP contribution in [-0.2, 0) is 17.9 Å². The van der Waals surface area contributed by atoms with Crippen LogP contribution in [0.1, 0.15) is 11.1 Å².